The van der Waals surface area contributed by atoms with Crippen molar-refractivity contribution in [1.29, 1.82) is 0 Å². The molecule has 2 aliphatic rings. The average Bonchev–Trinajstić information content (AvgIpc) is 2.76. The molecule has 1 atom stereocenters. The largest absolute Gasteiger partial charge is 0.392 e. The highest BCUT2D eigenvalue weighted by Gasteiger charge is 2.42. The zero-order valence-electron chi connectivity index (χ0n) is 10.1. The zero-order chi connectivity index (χ0) is 11.6. The predicted molar refractivity (Wildman–Crippen MR) is 69.6 cm³/mol. The van der Waals surface area contributed by atoms with Crippen LogP contribution in [0.1, 0.15) is 38.5 Å². The summed E-state index contributed by atoms with van der Waals surface area (Å²) in [5.41, 5.74) is 5.78. The van der Waals surface area contributed by atoms with Gasteiger partial charge in [0, 0.05) is 13.1 Å². The van der Waals surface area contributed by atoms with Crippen LogP contribution in [0.3, 0.4) is 0 Å². The van der Waals surface area contributed by atoms with Gasteiger partial charge in [0.15, 0.2) is 0 Å². The van der Waals surface area contributed by atoms with E-state index in [0.717, 1.165) is 6.54 Å². The number of rotatable bonds is 4. The molecule has 0 aromatic carbocycles. The van der Waals surface area contributed by atoms with Crippen LogP contribution in [0.25, 0.3) is 0 Å². The van der Waals surface area contributed by atoms with Crippen LogP contribution >= 0.6 is 12.2 Å². The number of hydrogen-bond acceptors (Lipinski definition) is 3. The van der Waals surface area contributed by atoms with Crippen molar-refractivity contribution < 1.29 is 4.74 Å². The van der Waals surface area contributed by atoms with Gasteiger partial charge in [0.2, 0.25) is 0 Å². The highest BCUT2D eigenvalue weighted by Crippen LogP contribution is 2.43. The maximum Gasteiger partial charge on any atom is 0.0869 e. The van der Waals surface area contributed by atoms with Crippen LogP contribution in [0.4, 0.5) is 0 Å². The Morgan fingerprint density at radius 2 is 2.12 bits per heavy atom. The molecule has 0 aromatic heterocycles. The third-order valence-electron chi connectivity index (χ3n) is 3.79. The van der Waals surface area contributed by atoms with Crippen molar-refractivity contribution >= 4 is 17.2 Å². The summed E-state index contributed by atoms with van der Waals surface area (Å²) >= 11 is 4.91. The number of nitrogens with zero attached hydrogens (tertiary/aromatic N) is 1. The van der Waals surface area contributed by atoms with Crippen molar-refractivity contribution in [2.75, 3.05) is 20.1 Å². The molecule has 1 unspecified atom stereocenters. The zero-order valence-corrected chi connectivity index (χ0v) is 10.9. The van der Waals surface area contributed by atoms with Crippen LogP contribution in [0.5, 0.6) is 0 Å². The highest BCUT2D eigenvalue weighted by atomic mass is 32.1. The lowest BCUT2D eigenvalue weighted by Crippen LogP contribution is -2.36. The maximum atomic E-state index is 6.24. The number of thiocarbonyl (C=S) groups is 1. The second-order valence-corrected chi connectivity index (χ2v) is 5.86. The molecule has 4 heteroatoms. The van der Waals surface area contributed by atoms with Crippen LogP contribution in [-0.4, -0.2) is 41.7 Å². The van der Waals surface area contributed by atoms with Crippen molar-refractivity contribution in [3.63, 3.8) is 0 Å². The highest BCUT2D eigenvalue weighted by molar-refractivity contribution is 7.80. The molecule has 1 aliphatic carbocycles. The lowest BCUT2D eigenvalue weighted by Gasteiger charge is -2.26. The fraction of sp³-hybridized carbons (Fsp3) is 0.917. The van der Waals surface area contributed by atoms with Gasteiger partial charge >= 0.3 is 0 Å². The Balaban J connectivity index is 1.78. The van der Waals surface area contributed by atoms with Crippen molar-refractivity contribution in [1.82, 2.24) is 4.90 Å². The fourth-order valence-corrected chi connectivity index (χ4v) is 3.31. The van der Waals surface area contributed by atoms with Gasteiger partial charge in [-0.3, -0.25) is 4.90 Å². The van der Waals surface area contributed by atoms with Gasteiger partial charge < -0.3 is 10.5 Å². The van der Waals surface area contributed by atoms with E-state index >= 15 is 0 Å². The second-order valence-electron chi connectivity index (χ2n) is 5.33. The monoisotopic (exact) mass is 242 g/mol. The number of hydrogen-bond donors (Lipinski definition) is 1. The topological polar surface area (TPSA) is 38.5 Å². The van der Waals surface area contributed by atoms with Crippen LogP contribution in [0.2, 0.25) is 0 Å². The van der Waals surface area contributed by atoms with Crippen molar-refractivity contribution in [3.05, 3.63) is 0 Å². The van der Waals surface area contributed by atoms with Gasteiger partial charge in [-0.05, 0) is 32.7 Å². The average molecular weight is 242 g/mol. The van der Waals surface area contributed by atoms with Crippen molar-refractivity contribution in [2.45, 2.75) is 50.2 Å². The Bertz CT molecular complexity index is 264. The lowest BCUT2D eigenvalue weighted by molar-refractivity contribution is -0.0439. The van der Waals surface area contributed by atoms with Gasteiger partial charge in [-0.25, -0.2) is 0 Å². The molecular weight excluding hydrogens is 220 g/mol. The molecule has 0 amide bonds. The Morgan fingerprint density at radius 3 is 2.75 bits per heavy atom. The normalized spacial score (nSPS) is 28.0. The van der Waals surface area contributed by atoms with Gasteiger partial charge in [0.05, 0.1) is 16.7 Å². The molecular formula is C12H22N2OS. The van der Waals surface area contributed by atoms with E-state index in [2.05, 4.69) is 11.9 Å². The van der Waals surface area contributed by atoms with Crippen LogP contribution in [0, 0.1) is 0 Å². The quantitative estimate of drug-likeness (QED) is 0.762. The Hall–Kier alpha value is -0.190. The standard InChI is InChI=1S/C12H22N2OS/c1-14(9-11(13)16)8-10-4-7-12(15-10)5-2-3-6-12/h10H,2-9H2,1H3,(H2,13,16). The van der Waals surface area contributed by atoms with Gasteiger partial charge in [-0.2, -0.15) is 0 Å². The van der Waals surface area contributed by atoms with E-state index in [1.165, 1.54) is 38.5 Å². The molecule has 0 bridgehead atoms. The summed E-state index contributed by atoms with van der Waals surface area (Å²) in [5.74, 6) is 0. The van der Waals surface area contributed by atoms with E-state index in [4.69, 9.17) is 22.7 Å². The molecule has 2 fully saturated rings. The van der Waals surface area contributed by atoms with Gasteiger partial charge in [0.1, 0.15) is 0 Å². The Morgan fingerprint density at radius 1 is 1.44 bits per heavy atom. The summed E-state index contributed by atoms with van der Waals surface area (Å²) in [6.45, 7) is 1.65. The van der Waals surface area contributed by atoms with E-state index in [1.807, 2.05) is 0 Å². The summed E-state index contributed by atoms with van der Waals surface area (Å²) in [7, 11) is 2.06. The lowest BCUT2D eigenvalue weighted by atomic mass is 9.98. The van der Waals surface area contributed by atoms with E-state index < -0.39 is 0 Å². The number of nitrogens with two attached hydrogens (primary N) is 1. The molecule has 1 aliphatic heterocycles. The summed E-state index contributed by atoms with van der Waals surface area (Å²) in [6.07, 6.45) is 8.05. The van der Waals surface area contributed by atoms with Crippen LogP contribution in [0.15, 0.2) is 0 Å². The smallest absolute Gasteiger partial charge is 0.0869 e. The fourth-order valence-electron chi connectivity index (χ4n) is 3.09. The van der Waals surface area contributed by atoms with Crippen molar-refractivity contribution in [3.8, 4) is 0 Å². The summed E-state index contributed by atoms with van der Waals surface area (Å²) in [4.78, 5) is 2.73. The molecule has 92 valence electrons. The summed E-state index contributed by atoms with van der Waals surface area (Å²) in [6, 6.07) is 0. The third-order valence-corrected chi connectivity index (χ3v) is 3.92. The predicted octanol–water partition coefficient (Wildman–Crippen LogP) is 1.70. The molecule has 1 heterocycles. The van der Waals surface area contributed by atoms with E-state index in [9.17, 15) is 0 Å². The van der Waals surface area contributed by atoms with Gasteiger partial charge in [-0.15, -0.1) is 0 Å². The minimum atomic E-state index is 0.245. The summed E-state index contributed by atoms with van der Waals surface area (Å²) < 4.78 is 6.24. The first kappa shape index (κ1) is 12.3. The van der Waals surface area contributed by atoms with Crippen molar-refractivity contribution in [2.24, 2.45) is 5.73 Å². The van der Waals surface area contributed by atoms with Gasteiger partial charge in [-0.1, -0.05) is 25.1 Å². The first-order chi connectivity index (χ1) is 7.60. The first-order valence-corrected chi connectivity index (χ1v) is 6.65. The Kier molecular flexibility index (Phi) is 3.82. The maximum absolute atomic E-state index is 6.24. The molecule has 1 spiro atoms. The van der Waals surface area contributed by atoms with Crippen LogP contribution in [-0.2, 0) is 4.74 Å². The molecule has 0 aromatic rings. The first-order valence-electron chi connectivity index (χ1n) is 6.24. The molecule has 0 radical (unpaired) electrons. The molecule has 2 N–H and O–H groups in total. The minimum absolute atomic E-state index is 0.245. The molecule has 16 heavy (non-hydrogen) atoms. The van der Waals surface area contributed by atoms with E-state index in [0.29, 0.717) is 17.6 Å². The minimum Gasteiger partial charge on any atom is -0.392 e. The van der Waals surface area contributed by atoms with E-state index in [-0.39, 0.29) is 5.60 Å². The van der Waals surface area contributed by atoms with E-state index in [1.54, 1.807) is 0 Å². The molecule has 1 saturated carbocycles. The Labute approximate surface area is 103 Å². The molecule has 1 saturated heterocycles. The number of ether oxygens (including phenoxy) is 1. The molecule has 3 nitrogen and oxygen atoms in total. The summed E-state index contributed by atoms with van der Waals surface area (Å²) in [5, 5.41) is 0. The third kappa shape index (κ3) is 2.93. The number of likely N-dealkylation sites (N-methyl/N-ethyl adjacent to an activating group) is 1. The SMILES string of the molecule is CN(CC(N)=S)CC1CCC2(CCCC2)O1. The van der Waals surface area contributed by atoms with Crippen LogP contribution < -0.4 is 5.73 Å². The second kappa shape index (κ2) is 4.98. The molecule has 2 rings (SSSR count). The van der Waals surface area contributed by atoms with Gasteiger partial charge in [0.25, 0.3) is 0 Å².